The smallest absolute Gasteiger partial charge is 0.309 e. The van der Waals surface area contributed by atoms with Crippen LogP contribution in [0.1, 0.15) is 226 Å². The molecule has 0 amide bonds. The maximum Gasteiger partial charge on any atom is 0.309 e. The van der Waals surface area contributed by atoms with Crippen LogP contribution in [0, 0.1) is 0 Å². The van der Waals surface area contributed by atoms with Crippen LogP contribution in [-0.2, 0) is 23.8 Å². The predicted octanol–water partition coefficient (Wildman–Crippen LogP) is 17.5. The van der Waals surface area contributed by atoms with E-state index >= 15 is 0 Å². The summed E-state index contributed by atoms with van der Waals surface area (Å²) in [4.78, 5) is 25.3. The highest BCUT2D eigenvalue weighted by atomic mass is 16.6. The van der Waals surface area contributed by atoms with Crippen LogP contribution >= 0.6 is 0 Å². The Labute approximate surface area is 383 Å². The summed E-state index contributed by atoms with van der Waals surface area (Å²) in [5, 5.41) is 0. The number of carbonyl (C=O) groups is 2. The van der Waals surface area contributed by atoms with Crippen LogP contribution < -0.4 is 0 Å². The third-order valence-electron chi connectivity index (χ3n) is 10.6. The molecule has 0 bridgehead atoms. The number of unbranched alkanes of at least 4 members (excludes halogenated alkanes) is 20. The van der Waals surface area contributed by atoms with E-state index in [0.717, 1.165) is 77.0 Å². The molecule has 0 radical (unpaired) electrons. The Balaban J connectivity index is 4.34. The molecule has 0 aliphatic rings. The van der Waals surface area contributed by atoms with Gasteiger partial charge >= 0.3 is 11.9 Å². The molecule has 354 valence electrons. The Morgan fingerprint density at radius 1 is 0.387 bits per heavy atom. The van der Waals surface area contributed by atoms with E-state index in [0.29, 0.717) is 13.0 Å². The summed E-state index contributed by atoms with van der Waals surface area (Å²) in [5.41, 5.74) is 0. The van der Waals surface area contributed by atoms with Crippen molar-refractivity contribution in [2.45, 2.75) is 232 Å². The summed E-state index contributed by atoms with van der Waals surface area (Å²) in [5.74, 6) is -0.559. The molecule has 0 aromatic heterocycles. The highest BCUT2D eigenvalue weighted by Crippen LogP contribution is 2.13. The zero-order valence-corrected chi connectivity index (χ0v) is 40.6. The van der Waals surface area contributed by atoms with Gasteiger partial charge in [0.15, 0.2) is 6.10 Å². The van der Waals surface area contributed by atoms with Crippen LogP contribution in [0.15, 0.2) is 97.2 Å². The molecule has 0 aliphatic carbocycles. The molecule has 5 heteroatoms. The second-order valence-corrected chi connectivity index (χ2v) is 16.7. The summed E-state index contributed by atoms with van der Waals surface area (Å²) < 4.78 is 17.3. The molecular weight excluding hydrogens is 765 g/mol. The van der Waals surface area contributed by atoms with Gasteiger partial charge in [-0.25, -0.2) is 0 Å². The fraction of sp³-hybridized carbons (Fsp3) is 0.684. The highest BCUT2D eigenvalue weighted by molar-refractivity contribution is 5.71. The van der Waals surface area contributed by atoms with E-state index < -0.39 is 6.10 Å². The first-order valence-electron chi connectivity index (χ1n) is 25.8. The average Bonchev–Trinajstić information content (AvgIpc) is 3.27. The van der Waals surface area contributed by atoms with Crippen molar-refractivity contribution >= 4 is 11.9 Å². The Bertz CT molecular complexity index is 1200. The molecule has 0 fully saturated rings. The van der Waals surface area contributed by atoms with Crippen molar-refractivity contribution in [3.63, 3.8) is 0 Å². The summed E-state index contributed by atoms with van der Waals surface area (Å²) >= 11 is 0. The van der Waals surface area contributed by atoms with Crippen LogP contribution in [0.5, 0.6) is 0 Å². The lowest BCUT2D eigenvalue weighted by Gasteiger charge is -2.18. The normalized spacial score (nSPS) is 13.0. The maximum absolute atomic E-state index is 12.8. The minimum absolute atomic E-state index is 0.0224. The van der Waals surface area contributed by atoms with Gasteiger partial charge in [0.05, 0.1) is 13.0 Å². The lowest BCUT2D eigenvalue weighted by molar-refractivity contribution is -0.162. The maximum atomic E-state index is 12.8. The average molecular weight is 861 g/mol. The van der Waals surface area contributed by atoms with Gasteiger partial charge in [0.25, 0.3) is 0 Å². The topological polar surface area (TPSA) is 61.8 Å². The van der Waals surface area contributed by atoms with Gasteiger partial charge in [-0.15, -0.1) is 0 Å². The van der Waals surface area contributed by atoms with E-state index in [1.165, 1.54) is 116 Å². The first-order chi connectivity index (χ1) is 30.6. The summed E-state index contributed by atoms with van der Waals surface area (Å²) in [7, 11) is 0. The zero-order chi connectivity index (χ0) is 44.9. The second-order valence-electron chi connectivity index (χ2n) is 16.7. The minimum atomic E-state index is -0.586. The SMILES string of the molecule is CC/C=C\C/C=C\C/C=C\C/C=C\C/C=C\CC(=O)OCC(COCCCCCCCCCCCC/C=C\C/C=C\CCCCC)OC(=O)CCCCCCC/C=C\CCCC. The lowest BCUT2D eigenvalue weighted by Crippen LogP contribution is -2.30. The fourth-order valence-corrected chi connectivity index (χ4v) is 6.77. The fourth-order valence-electron chi connectivity index (χ4n) is 6.77. The number of hydrogen-bond donors (Lipinski definition) is 0. The first kappa shape index (κ1) is 58.8. The van der Waals surface area contributed by atoms with E-state index in [4.69, 9.17) is 14.2 Å². The minimum Gasteiger partial charge on any atom is -0.461 e. The van der Waals surface area contributed by atoms with E-state index in [9.17, 15) is 9.59 Å². The molecule has 0 heterocycles. The Morgan fingerprint density at radius 3 is 1.31 bits per heavy atom. The molecular formula is C57H96O5. The van der Waals surface area contributed by atoms with Gasteiger partial charge in [-0.1, -0.05) is 214 Å². The molecule has 0 rings (SSSR count). The van der Waals surface area contributed by atoms with Crippen molar-refractivity contribution in [3.05, 3.63) is 97.2 Å². The molecule has 0 spiro atoms. The quantitative estimate of drug-likeness (QED) is 0.0347. The summed E-state index contributed by atoms with van der Waals surface area (Å²) in [6.45, 7) is 7.53. The van der Waals surface area contributed by atoms with Gasteiger partial charge < -0.3 is 14.2 Å². The largest absolute Gasteiger partial charge is 0.461 e. The Hall–Kier alpha value is -3.18. The molecule has 1 atom stereocenters. The Kier molecular flexibility index (Phi) is 49.5. The van der Waals surface area contributed by atoms with Crippen LogP contribution in [0.4, 0.5) is 0 Å². The van der Waals surface area contributed by atoms with Crippen molar-refractivity contribution in [1.82, 2.24) is 0 Å². The molecule has 62 heavy (non-hydrogen) atoms. The number of hydrogen-bond acceptors (Lipinski definition) is 5. The molecule has 0 aliphatic heterocycles. The van der Waals surface area contributed by atoms with Crippen molar-refractivity contribution in [2.75, 3.05) is 19.8 Å². The standard InChI is InChI=1S/C57H96O5/c1-4-7-10-13-16-19-22-24-26-27-28-29-30-32-34-37-40-43-46-49-52-60-53-55(62-57(59)51-48-45-42-39-35-21-18-15-12-9-6-3)54-61-56(58)50-47-44-41-38-36-33-31-25-23-20-17-14-11-8-5-2/h8,11,15-20,24-26,31,36,38,44,47,55H,4-7,9-10,12-14,21-23,27-30,32-35,37,39-43,45-46,48-54H2,1-3H3/b11-8-,18-15-,19-16-,20-17-,26-24-,31-25-,38-36-,47-44-. The molecule has 0 saturated carbocycles. The molecule has 0 aromatic carbocycles. The van der Waals surface area contributed by atoms with Crippen LogP contribution in [0.2, 0.25) is 0 Å². The first-order valence-corrected chi connectivity index (χ1v) is 25.8. The van der Waals surface area contributed by atoms with Gasteiger partial charge in [0.1, 0.15) is 6.61 Å². The summed E-state index contributed by atoms with van der Waals surface area (Å²) in [6, 6.07) is 0. The van der Waals surface area contributed by atoms with Gasteiger partial charge in [0, 0.05) is 13.0 Å². The third kappa shape index (κ3) is 49.5. The summed E-state index contributed by atoms with van der Waals surface area (Å²) in [6.07, 6.45) is 70.2. The van der Waals surface area contributed by atoms with Crippen LogP contribution in [0.25, 0.3) is 0 Å². The van der Waals surface area contributed by atoms with E-state index in [1.807, 2.05) is 12.2 Å². The second kappa shape index (κ2) is 52.2. The van der Waals surface area contributed by atoms with Crippen LogP contribution in [-0.4, -0.2) is 37.9 Å². The number of esters is 2. The van der Waals surface area contributed by atoms with Gasteiger partial charge in [-0.2, -0.15) is 0 Å². The van der Waals surface area contributed by atoms with E-state index in [1.54, 1.807) is 0 Å². The number of allylic oxidation sites excluding steroid dienone is 15. The van der Waals surface area contributed by atoms with Crippen LogP contribution in [0.3, 0.4) is 0 Å². The predicted molar refractivity (Wildman–Crippen MR) is 270 cm³/mol. The van der Waals surface area contributed by atoms with E-state index in [-0.39, 0.29) is 31.6 Å². The monoisotopic (exact) mass is 861 g/mol. The number of rotatable bonds is 46. The van der Waals surface area contributed by atoms with Crippen molar-refractivity contribution in [2.24, 2.45) is 0 Å². The lowest BCUT2D eigenvalue weighted by atomic mass is 10.1. The number of carbonyl (C=O) groups excluding carboxylic acids is 2. The van der Waals surface area contributed by atoms with Gasteiger partial charge in [0.2, 0.25) is 0 Å². The van der Waals surface area contributed by atoms with E-state index in [2.05, 4.69) is 106 Å². The third-order valence-corrected chi connectivity index (χ3v) is 10.6. The zero-order valence-electron chi connectivity index (χ0n) is 40.6. The number of ether oxygens (including phenoxy) is 3. The van der Waals surface area contributed by atoms with Crippen molar-refractivity contribution in [3.8, 4) is 0 Å². The molecule has 0 saturated heterocycles. The van der Waals surface area contributed by atoms with Gasteiger partial charge in [-0.3, -0.25) is 9.59 Å². The van der Waals surface area contributed by atoms with Gasteiger partial charge in [-0.05, 0) is 96.3 Å². The highest BCUT2D eigenvalue weighted by Gasteiger charge is 2.17. The molecule has 5 nitrogen and oxygen atoms in total. The van der Waals surface area contributed by atoms with Crippen molar-refractivity contribution in [1.29, 1.82) is 0 Å². The molecule has 0 aromatic rings. The Morgan fingerprint density at radius 2 is 0.790 bits per heavy atom. The molecule has 0 N–H and O–H groups in total. The molecule has 1 unspecified atom stereocenters. The van der Waals surface area contributed by atoms with Crippen molar-refractivity contribution < 1.29 is 23.8 Å².